The van der Waals surface area contributed by atoms with E-state index in [1.165, 1.54) is 6.92 Å². The Bertz CT molecular complexity index is 628. The molecule has 3 saturated carbocycles. The summed E-state index contributed by atoms with van der Waals surface area (Å²) in [4.78, 5) is 24.9. The minimum atomic E-state index is -0.627. The molecule has 0 heterocycles. The lowest BCUT2D eigenvalue weighted by Crippen LogP contribution is -2.62. The van der Waals surface area contributed by atoms with E-state index in [-0.39, 0.29) is 41.0 Å². The maximum Gasteiger partial charge on any atom is 0.302 e. The number of hydrogen-bond acceptors (Lipinski definition) is 4. The van der Waals surface area contributed by atoms with Crippen LogP contribution in [-0.4, -0.2) is 29.1 Å². The third-order valence-electron chi connectivity index (χ3n) is 8.58. The van der Waals surface area contributed by atoms with Crippen LogP contribution in [0.2, 0.25) is 0 Å². The fraction of sp³-hybridized carbons (Fsp3) is 0.818. The minimum Gasteiger partial charge on any atom is -0.461 e. The minimum absolute atomic E-state index is 0.0465. The van der Waals surface area contributed by atoms with E-state index in [2.05, 4.69) is 27.4 Å². The summed E-state index contributed by atoms with van der Waals surface area (Å²) in [5, 5.41) is 11.4. The molecular formula is C22H34O4. The van der Waals surface area contributed by atoms with E-state index in [1.54, 1.807) is 0 Å². The molecule has 0 aromatic rings. The second-order valence-corrected chi connectivity index (χ2v) is 9.69. The highest BCUT2D eigenvalue weighted by Crippen LogP contribution is 2.67. The third-order valence-corrected chi connectivity index (χ3v) is 8.58. The normalized spacial score (nSPS) is 51.2. The Labute approximate surface area is 157 Å². The van der Waals surface area contributed by atoms with Crippen molar-refractivity contribution in [1.29, 1.82) is 0 Å². The van der Waals surface area contributed by atoms with Gasteiger partial charge in [-0.2, -0.15) is 0 Å². The first-order chi connectivity index (χ1) is 12.0. The topological polar surface area (TPSA) is 63.6 Å². The molecular weight excluding hydrogens is 328 g/mol. The highest BCUT2D eigenvalue weighted by Gasteiger charge is 2.67. The lowest BCUT2D eigenvalue weighted by Gasteiger charge is -2.61. The van der Waals surface area contributed by atoms with E-state index >= 15 is 0 Å². The zero-order chi connectivity index (χ0) is 19.5. The number of Topliss-reactive ketones (excluding diaryl/α,β-unsaturated/α-hetero) is 1. The summed E-state index contributed by atoms with van der Waals surface area (Å²) in [7, 11) is 0. The van der Waals surface area contributed by atoms with Crippen LogP contribution in [0, 0.1) is 34.0 Å². The Morgan fingerprint density at radius 3 is 2.54 bits per heavy atom. The molecule has 3 aliphatic rings. The summed E-state index contributed by atoms with van der Waals surface area (Å²) in [6.07, 6.45) is 4.66. The summed E-state index contributed by atoms with van der Waals surface area (Å²) >= 11 is 0. The highest BCUT2D eigenvalue weighted by atomic mass is 16.5. The first-order valence-electron chi connectivity index (χ1n) is 10.0. The number of carbonyl (C=O) groups excluding carboxylic acids is 2. The standard InChI is InChI=1S/C22H34O4/c1-7-20(5)12-17(25)21(6)13(2)8-10-22(11-9-16(24)18(21)22)14(3)19(20)26-15(4)23/h7,13-14,17-19,25H,1,8-12H2,2-6H3/t13-,14+,17-,18-,19+,20-,21+,22+/m1/s1. The largest absolute Gasteiger partial charge is 0.461 e. The van der Waals surface area contributed by atoms with Gasteiger partial charge in [0, 0.05) is 36.0 Å². The Balaban J connectivity index is 2.21. The van der Waals surface area contributed by atoms with Crippen LogP contribution in [0.5, 0.6) is 0 Å². The Morgan fingerprint density at radius 1 is 1.31 bits per heavy atom. The molecule has 0 aromatic heterocycles. The molecule has 4 nitrogen and oxygen atoms in total. The lowest BCUT2D eigenvalue weighted by atomic mass is 9.44. The van der Waals surface area contributed by atoms with Crippen LogP contribution >= 0.6 is 0 Å². The fourth-order valence-corrected chi connectivity index (χ4v) is 6.76. The van der Waals surface area contributed by atoms with E-state index in [0.29, 0.717) is 12.8 Å². The molecule has 0 radical (unpaired) electrons. The molecule has 8 atom stereocenters. The van der Waals surface area contributed by atoms with E-state index in [9.17, 15) is 14.7 Å². The van der Waals surface area contributed by atoms with Crippen molar-refractivity contribution < 1.29 is 19.4 Å². The van der Waals surface area contributed by atoms with Gasteiger partial charge < -0.3 is 9.84 Å². The molecule has 2 bridgehead atoms. The van der Waals surface area contributed by atoms with Gasteiger partial charge in [0.25, 0.3) is 0 Å². The fourth-order valence-electron chi connectivity index (χ4n) is 6.76. The predicted molar refractivity (Wildman–Crippen MR) is 100 cm³/mol. The Morgan fingerprint density at radius 2 is 1.96 bits per heavy atom. The van der Waals surface area contributed by atoms with Crippen LogP contribution in [-0.2, 0) is 14.3 Å². The van der Waals surface area contributed by atoms with Crippen LogP contribution in [0.1, 0.15) is 66.7 Å². The van der Waals surface area contributed by atoms with Crippen molar-refractivity contribution in [2.24, 2.45) is 34.0 Å². The van der Waals surface area contributed by atoms with Gasteiger partial charge in [-0.3, -0.25) is 9.59 Å². The molecule has 1 N–H and O–H groups in total. The number of rotatable bonds is 2. The second kappa shape index (κ2) is 6.19. The van der Waals surface area contributed by atoms with Crippen molar-refractivity contribution in [3.05, 3.63) is 12.7 Å². The van der Waals surface area contributed by atoms with Crippen molar-refractivity contribution >= 4 is 11.8 Å². The van der Waals surface area contributed by atoms with Gasteiger partial charge in [0.15, 0.2) is 0 Å². The maximum absolute atomic E-state index is 13.0. The molecule has 0 amide bonds. The van der Waals surface area contributed by atoms with Gasteiger partial charge in [0.1, 0.15) is 11.9 Å². The Kier molecular flexibility index (Phi) is 4.66. The molecule has 0 saturated heterocycles. The monoisotopic (exact) mass is 362 g/mol. The van der Waals surface area contributed by atoms with Crippen LogP contribution in [0.15, 0.2) is 12.7 Å². The number of esters is 1. The van der Waals surface area contributed by atoms with E-state index in [4.69, 9.17) is 4.74 Å². The number of ketones is 1. The molecule has 0 spiro atoms. The third kappa shape index (κ3) is 2.44. The van der Waals surface area contributed by atoms with Crippen molar-refractivity contribution in [1.82, 2.24) is 0 Å². The molecule has 4 heteroatoms. The summed E-state index contributed by atoms with van der Waals surface area (Å²) in [5.41, 5.74) is -1.16. The molecule has 146 valence electrons. The number of carbonyl (C=O) groups is 2. The zero-order valence-corrected chi connectivity index (χ0v) is 16.9. The molecule has 3 fully saturated rings. The van der Waals surface area contributed by atoms with Crippen molar-refractivity contribution in [2.45, 2.75) is 78.9 Å². The molecule has 3 rings (SSSR count). The number of aliphatic hydroxyl groups is 1. The lowest BCUT2D eigenvalue weighted by molar-refractivity contribution is -0.202. The van der Waals surface area contributed by atoms with E-state index in [1.807, 2.05) is 13.0 Å². The SMILES string of the molecule is C=C[C@]1(C)C[C@@H](O)[C@]2(C)[C@H](C)CC[C@]3(CCC(=O)[C@@H]32)[C@@H](C)[C@@H]1OC(C)=O. The van der Waals surface area contributed by atoms with Crippen molar-refractivity contribution in [3.63, 3.8) is 0 Å². The summed E-state index contributed by atoms with van der Waals surface area (Å²) in [6.45, 7) is 13.9. The first-order valence-corrected chi connectivity index (χ1v) is 10.0. The molecule has 3 aliphatic carbocycles. The van der Waals surface area contributed by atoms with Crippen LogP contribution in [0.4, 0.5) is 0 Å². The quantitative estimate of drug-likeness (QED) is 0.597. The number of hydrogen-bond donors (Lipinski definition) is 1. The predicted octanol–water partition coefficient (Wildman–Crippen LogP) is 3.91. The van der Waals surface area contributed by atoms with Crippen LogP contribution < -0.4 is 0 Å². The van der Waals surface area contributed by atoms with Gasteiger partial charge in [0.05, 0.1) is 6.10 Å². The van der Waals surface area contributed by atoms with Crippen molar-refractivity contribution in [3.8, 4) is 0 Å². The van der Waals surface area contributed by atoms with Gasteiger partial charge >= 0.3 is 5.97 Å². The van der Waals surface area contributed by atoms with Gasteiger partial charge in [0.2, 0.25) is 0 Å². The summed E-state index contributed by atoms with van der Waals surface area (Å²) < 4.78 is 5.85. The zero-order valence-electron chi connectivity index (χ0n) is 16.9. The summed E-state index contributed by atoms with van der Waals surface area (Å²) in [6, 6.07) is 0. The van der Waals surface area contributed by atoms with Gasteiger partial charge in [-0.15, -0.1) is 6.58 Å². The highest BCUT2D eigenvalue weighted by molar-refractivity contribution is 5.85. The average Bonchev–Trinajstić information content (AvgIpc) is 2.93. The van der Waals surface area contributed by atoms with Crippen molar-refractivity contribution in [2.75, 3.05) is 0 Å². The van der Waals surface area contributed by atoms with Gasteiger partial charge in [-0.05, 0) is 37.0 Å². The first kappa shape index (κ1) is 19.6. The average molecular weight is 363 g/mol. The smallest absolute Gasteiger partial charge is 0.302 e. The molecule has 0 unspecified atom stereocenters. The van der Waals surface area contributed by atoms with Gasteiger partial charge in [-0.25, -0.2) is 0 Å². The molecule has 0 aliphatic heterocycles. The van der Waals surface area contributed by atoms with Crippen LogP contribution in [0.25, 0.3) is 0 Å². The second-order valence-electron chi connectivity index (χ2n) is 9.69. The summed E-state index contributed by atoms with van der Waals surface area (Å²) in [5.74, 6) is 0.147. The van der Waals surface area contributed by atoms with Gasteiger partial charge in [-0.1, -0.05) is 33.8 Å². The van der Waals surface area contributed by atoms with Crippen LogP contribution in [0.3, 0.4) is 0 Å². The number of aliphatic hydroxyl groups excluding tert-OH is 1. The van der Waals surface area contributed by atoms with E-state index in [0.717, 1.165) is 19.3 Å². The number of ether oxygens (including phenoxy) is 1. The Hall–Kier alpha value is -1.16. The van der Waals surface area contributed by atoms with E-state index < -0.39 is 16.9 Å². The molecule has 0 aromatic carbocycles. The maximum atomic E-state index is 13.0. The molecule has 26 heavy (non-hydrogen) atoms.